The van der Waals surface area contributed by atoms with E-state index in [1.54, 1.807) is 6.08 Å². The third-order valence-corrected chi connectivity index (χ3v) is 19.4. The molecule has 23 nitrogen and oxygen atoms in total. The Labute approximate surface area is 581 Å². The van der Waals surface area contributed by atoms with Gasteiger partial charge in [0.2, 0.25) is 11.8 Å². The number of ether oxygens (including phenoxy) is 6. The summed E-state index contributed by atoms with van der Waals surface area (Å²) in [5.74, 6) is -6.14. The van der Waals surface area contributed by atoms with E-state index in [1.807, 2.05) is 6.08 Å². The summed E-state index contributed by atoms with van der Waals surface area (Å²) in [5, 5.41) is 136. The number of rotatable bonds is 59. The van der Waals surface area contributed by atoms with E-state index in [1.165, 1.54) is 199 Å². The number of nitrogens with one attached hydrogen (secondary N) is 2. The lowest BCUT2D eigenvalue weighted by atomic mass is 9.88. The van der Waals surface area contributed by atoms with E-state index in [0.717, 1.165) is 51.9 Å². The Morgan fingerprint density at radius 2 is 0.969 bits per heavy atom. The SMILES string of the molecule is CCCCCCCCCCC/C=C/C(O)C(COC1OC(CO)C(OC2OC(CO)C(O)C(OC3(C(=O)O)CC(O)C(NC(C)=O)C(C(O)C(O)CO)O3)C2O)C(O)C1O)NC(=O)CCCCCCCCCCCCCCCCCC/C=C\CCCCCCCCCCCCCC. The van der Waals surface area contributed by atoms with Crippen LogP contribution in [0.15, 0.2) is 24.3 Å². The fraction of sp³-hybridized carbons (Fsp3) is 0.905. The predicted octanol–water partition coefficient (Wildman–Crippen LogP) is 8.79. The first-order valence-corrected chi connectivity index (χ1v) is 38.2. The van der Waals surface area contributed by atoms with Crippen LogP contribution in [0.1, 0.15) is 290 Å². The number of amides is 2. The molecule has 0 aromatic rings. The second kappa shape index (κ2) is 53.9. The number of unbranched alkanes of at least 4 members (excludes halogenated alkanes) is 37. The lowest BCUT2D eigenvalue weighted by Crippen LogP contribution is -2.70. The highest BCUT2D eigenvalue weighted by Crippen LogP contribution is 2.39. The van der Waals surface area contributed by atoms with Gasteiger partial charge in [-0.2, -0.15) is 0 Å². The summed E-state index contributed by atoms with van der Waals surface area (Å²) in [6.07, 6.45) is 28.3. The predicted molar refractivity (Wildman–Crippen MR) is 371 cm³/mol. The average Bonchev–Trinajstić information content (AvgIpc) is 0.758. The summed E-state index contributed by atoms with van der Waals surface area (Å²) < 4.78 is 34.8. The summed E-state index contributed by atoms with van der Waals surface area (Å²) in [6.45, 7) is 2.13. The van der Waals surface area contributed by atoms with Gasteiger partial charge in [0, 0.05) is 19.8 Å². The second-order valence-electron chi connectivity index (χ2n) is 27.9. The summed E-state index contributed by atoms with van der Waals surface area (Å²) in [5.41, 5.74) is 0. The first kappa shape index (κ1) is 88.4. The van der Waals surface area contributed by atoms with Crippen LogP contribution in [-0.2, 0) is 42.8 Å². The molecule has 23 heteroatoms. The smallest absolute Gasteiger partial charge is 0.364 e. The number of carbonyl (C=O) groups excluding carboxylic acids is 2. The van der Waals surface area contributed by atoms with Crippen LogP contribution in [0.2, 0.25) is 0 Å². The first-order chi connectivity index (χ1) is 46.9. The van der Waals surface area contributed by atoms with Crippen molar-refractivity contribution >= 4 is 17.8 Å². The molecule has 568 valence electrons. The van der Waals surface area contributed by atoms with Crippen LogP contribution < -0.4 is 10.6 Å². The van der Waals surface area contributed by atoms with Crippen molar-refractivity contribution in [1.82, 2.24) is 10.6 Å². The van der Waals surface area contributed by atoms with Gasteiger partial charge in [0.25, 0.3) is 5.79 Å². The Bertz CT molecular complexity index is 2040. The molecular weight excluding hydrogens is 1250 g/mol. The minimum absolute atomic E-state index is 0.202. The zero-order valence-corrected chi connectivity index (χ0v) is 59.7. The van der Waals surface area contributed by atoms with Crippen molar-refractivity contribution in [2.45, 2.75) is 400 Å². The van der Waals surface area contributed by atoms with Crippen LogP contribution in [0.25, 0.3) is 0 Å². The number of hydrogen-bond acceptors (Lipinski definition) is 20. The van der Waals surface area contributed by atoms with E-state index in [0.29, 0.717) is 12.8 Å². The molecule has 3 rings (SSSR count). The lowest BCUT2D eigenvalue weighted by molar-refractivity contribution is -0.386. The molecule has 3 aliphatic heterocycles. The Hall–Kier alpha value is -2.79. The molecule has 0 aromatic carbocycles. The van der Waals surface area contributed by atoms with Crippen LogP contribution in [0, 0.1) is 0 Å². The van der Waals surface area contributed by atoms with Gasteiger partial charge >= 0.3 is 5.97 Å². The van der Waals surface area contributed by atoms with Crippen molar-refractivity contribution in [3.8, 4) is 0 Å². The Kier molecular flexibility index (Phi) is 49.2. The zero-order valence-electron chi connectivity index (χ0n) is 59.7. The number of aliphatic hydroxyl groups excluding tert-OH is 11. The van der Waals surface area contributed by atoms with Gasteiger partial charge in [-0.05, 0) is 44.9 Å². The van der Waals surface area contributed by atoms with Crippen molar-refractivity contribution in [3.05, 3.63) is 24.3 Å². The molecule has 18 atom stereocenters. The summed E-state index contributed by atoms with van der Waals surface area (Å²) in [4.78, 5) is 38.6. The number of hydrogen-bond donors (Lipinski definition) is 14. The number of aliphatic carboxylic acids is 1. The van der Waals surface area contributed by atoms with Crippen molar-refractivity contribution in [3.63, 3.8) is 0 Å². The third kappa shape index (κ3) is 35.3. The summed E-state index contributed by atoms with van der Waals surface area (Å²) >= 11 is 0. The van der Waals surface area contributed by atoms with Crippen molar-refractivity contribution < 1.29 is 104 Å². The Balaban J connectivity index is 1.45. The Morgan fingerprint density at radius 1 is 0.536 bits per heavy atom. The molecule has 0 bridgehead atoms. The maximum atomic E-state index is 13.5. The fourth-order valence-corrected chi connectivity index (χ4v) is 13.3. The van der Waals surface area contributed by atoms with Gasteiger partial charge in [-0.15, -0.1) is 0 Å². The number of allylic oxidation sites excluding steroid dienone is 3. The molecule has 2 amide bonds. The summed E-state index contributed by atoms with van der Waals surface area (Å²) in [7, 11) is 0. The average molecular weight is 1390 g/mol. The number of carbonyl (C=O) groups is 3. The molecule has 18 unspecified atom stereocenters. The number of aliphatic hydroxyl groups is 11. The van der Waals surface area contributed by atoms with E-state index < -0.39 is 155 Å². The third-order valence-electron chi connectivity index (χ3n) is 19.4. The van der Waals surface area contributed by atoms with E-state index in [9.17, 15) is 75.7 Å². The molecular formula is C74H136N2O21. The van der Waals surface area contributed by atoms with Crippen LogP contribution in [0.5, 0.6) is 0 Å². The van der Waals surface area contributed by atoms with Gasteiger partial charge < -0.3 is 100 Å². The molecule has 3 aliphatic rings. The number of carboxylic acid groups (broad SMARTS) is 1. The summed E-state index contributed by atoms with van der Waals surface area (Å²) in [6, 6.07) is -2.62. The van der Waals surface area contributed by atoms with E-state index >= 15 is 0 Å². The Morgan fingerprint density at radius 3 is 1.40 bits per heavy atom. The zero-order chi connectivity index (χ0) is 71.1. The number of carboxylic acids is 1. The van der Waals surface area contributed by atoms with Gasteiger partial charge in [-0.25, -0.2) is 4.79 Å². The minimum atomic E-state index is -3.08. The molecule has 0 radical (unpaired) electrons. The second-order valence-corrected chi connectivity index (χ2v) is 27.9. The molecule has 0 spiro atoms. The van der Waals surface area contributed by atoms with Crippen LogP contribution in [0.4, 0.5) is 0 Å². The maximum absolute atomic E-state index is 13.5. The normalized spacial score (nSPS) is 27.5. The standard InChI is InChI=1S/C74H136N2O21/c1-4-6-8-10-12-14-16-17-18-19-20-21-22-23-24-25-26-27-28-29-30-31-32-33-34-35-36-38-40-42-44-46-48-61(84)76-55(56(81)47-45-43-41-39-37-15-13-11-9-7-5-2)53-92-71-66(88)65(87)68(60(52-79)94-71)95-72-67(89)70(64(86)59(51-78)93-72)97-74(73(90)91)49-57(82)62(75-54(3)80)69(96-74)63(85)58(83)50-77/h23-24,45,47,55-60,62-72,77-79,81-83,85-89H,4-22,25-44,46,48-53H2,1-3H3,(H,75,80)(H,76,84)(H,90,91)/b24-23-,47-45+. The van der Waals surface area contributed by atoms with Gasteiger partial charge in [-0.3, -0.25) is 9.59 Å². The van der Waals surface area contributed by atoms with Gasteiger partial charge in [0.1, 0.15) is 67.1 Å². The van der Waals surface area contributed by atoms with Gasteiger partial charge in [0.05, 0.1) is 50.7 Å². The largest absolute Gasteiger partial charge is 0.477 e. The van der Waals surface area contributed by atoms with Gasteiger partial charge in [-0.1, -0.05) is 250 Å². The van der Waals surface area contributed by atoms with Crippen LogP contribution >= 0.6 is 0 Å². The molecule has 3 heterocycles. The first-order valence-electron chi connectivity index (χ1n) is 38.2. The van der Waals surface area contributed by atoms with Gasteiger partial charge in [0.15, 0.2) is 12.6 Å². The van der Waals surface area contributed by atoms with Crippen LogP contribution in [-0.4, -0.2) is 215 Å². The molecule has 0 aliphatic carbocycles. The molecule has 14 N–H and O–H groups in total. The quantitative estimate of drug-likeness (QED) is 0.0200. The molecule has 3 saturated heterocycles. The fourth-order valence-electron chi connectivity index (χ4n) is 13.3. The molecule has 0 aromatic heterocycles. The lowest BCUT2D eigenvalue weighted by Gasteiger charge is -2.50. The topological polar surface area (TPSA) is 373 Å². The minimum Gasteiger partial charge on any atom is -0.477 e. The van der Waals surface area contributed by atoms with Crippen molar-refractivity contribution in [1.29, 1.82) is 0 Å². The molecule has 0 saturated carbocycles. The van der Waals surface area contributed by atoms with Crippen LogP contribution in [0.3, 0.4) is 0 Å². The van der Waals surface area contributed by atoms with E-state index in [4.69, 9.17) is 28.4 Å². The molecule has 3 fully saturated rings. The van der Waals surface area contributed by atoms with E-state index in [-0.39, 0.29) is 12.3 Å². The highest BCUT2D eigenvalue weighted by Gasteiger charge is 2.60. The maximum Gasteiger partial charge on any atom is 0.364 e. The van der Waals surface area contributed by atoms with Crippen molar-refractivity contribution in [2.24, 2.45) is 0 Å². The van der Waals surface area contributed by atoms with E-state index in [2.05, 4.69) is 36.6 Å². The highest BCUT2D eigenvalue weighted by molar-refractivity contribution is 5.77. The van der Waals surface area contributed by atoms with Crippen molar-refractivity contribution in [2.75, 3.05) is 26.4 Å². The monoisotopic (exact) mass is 1390 g/mol. The molecule has 97 heavy (non-hydrogen) atoms. The highest BCUT2D eigenvalue weighted by atomic mass is 16.8.